The topological polar surface area (TPSA) is 79.4 Å². The zero-order valence-electron chi connectivity index (χ0n) is 14.9. The van der Waals surface area contributed by atoms with Crippen LogP contribution < -0.4 is 15.5 Å². The van der Waals surface area contributed by atoms with Gasteiger partial charge in [-0.25, -0.2) is 23.5 Å². The molecule has 1 aromatic carbocycles. The molecular formula is C18H21F2N5O2. The number of benzene rings is 1. The quantitative estimate of drug-likeness (QED) is 0.838. The van der Waals surface area contributed by atoms with E-state index >= 15 is 0 Å². The highest BCUT2D eigenvalue weighted by Gasteiger charge is 2.20. The fourth-order valence-electron chi connectivity index (χ4n) is 2.76. The Morgan fingerprint density at radius 3 is 2.81 bits per heavy atom. The van der Waals surface area contributed by atoms with Gasteiger partial charge in [0.1, 0.15) is 5.82 Å². The van der Waals surface area contributed by atoms with Crippen molar-refractivity contribution in [2.75, 3.05) is 36.5 Å². The van der Waals surface area contributed by atoms with E-state index in [1.807, 2.05) is 6.07 Å². The third kappa shape index (κ3) is 5.10. The molecule has 3 rings (SSSR count). The van der Waals surface area contributed by atoms with Gasteiger partial charge in [-0.15, -0.1) is 0 Å². The number of rotatable bonds is 5. The second kappa shape index (κ2) is 8.72. The van der Waals surface area contributed by atoms with E-state index in [-0.39, 0.29) is 6.04 Å². The summed E-state index contributed by atoms with van der Waals surface area (Å²) in [6.45, 7) is 3.49. The molecule has 1 saturated heterocycles. The van der Waals surface area contributed by atoms with E-state index in [0.29, 0.717) is 24.7 Å². The summed E-state index contributed by atoms with van der Waals surface area (Å²) in [4.78, 5) is 22.7. The first-order valence-electron chi connectivity index (χ1n) is 8.64. The monoisotopic (exact) mass is 377 g/mol. The maximum absolute atomic E-state index is 12.1. The molecule has 1 aliphatic heterocycles. The summed E-state index contributed by atoms with van der Waals surface area (Å²) in [5.41, 5.74) is 1.28. The Morgan fingerprint density at radius 1 is 1.33 bits per heavy atom. The molecule has 2 amide bonds. The Labute approximate surface area is 155 Å². The number of nitrogens with one attached hydrogen (secondary N) is 2. The van der Waals surface area contributed by atoms with E-state index < -0.39 is 19.0 Å². The van der Waals surface area contributed by atoms with Gasteiger partial charge in [0.2, 0.25) is 0 Å². The Bertz CT molecular complexity index is 773. The summed E-state index contributed by atoms with van der Waals surface area (Å²) in [5, 5.41) is 4.58. The first-order valence-corrected chi connectivity index (χ1v) is 8.64. The van der Waals surface area contributed by atoms with Crippen LogP contribution in [0.25, 0.3) is 11.4 Å². The summed E-state index contributed by atoms with van der Waals surface area (Å²) in [6, 6.07) is 8.31. The van der Waals surface area contributed by atoms with Crippen LogP contribution in [0.3, 0.4) is 0 Å². The van der Waals surface area contributed by atoms with E-state index in [4.69, 9.17) is 4.74 Å². The highest BCUT2D eigenvalue weighted by atomic mass is 19.3. The van der Waals surface area contributed by atoms with Gasteiger partial charge in [0.05, 0.1) is 25.8 Å². The average molecular weight is 377 g/mol. The lowest BCUT2D eigenvalue weighted by Crippen LogP contribution is -2.44. The summed E-state index contributed by atoms with van der Waals surface area (Å²) in [6.07, 6.45) is -0.874. The lowest BCUT2D eigenvalue weighted by atomic mass is 10.2. The molecule has 1 fully saturated rings. The van der Waals surface area contributed by atoms with Gasteiger partial charge in [-0.1, -0.05) is 0 Å². The van der Waals surface area contributed by atoms with Crippen LogP contribution in [0.2, 0.25) is 0 Å². The van der Waals surface area contributed by atoms with E-state index in [0.717, 1.165) is 17.9 Å². The number of aromatic nitrogens is 2. The van der Waals surface area contributed by atoms with Gasteiger partial charge < -0.3 is 20.3 Å². The van der Waals surface area contributed by atoms with Gasteiger partial charge in [0.15, 0.2) is 5.82 Å². The number of carbonyl (C=O) groups excluding carboxylic acids is 1. The number of ether oxygens (including phenoxy) is 1. The molecule has 0 aliphatic carbocycles. The SMILES string of the molecule is CC1COCCN1c1ccnc(-c2ccc(NC(=O)NCC(F)F)cc2)n1. The second-order valence-corrected chi connectivity index (χ2v) is 6.16. The minimum Gasteiger partial charge on any atom is -0.377 e. The zero-order chi connectivity index (χ0) is 19.2. The molecule has 2 aromatic rings. The van der Waals surface area contributed by atoms with Gasteiger partial charge in [-0.2, -0.15) is 0 Å². The normalized spacial score (nSPS) is 17.0. The van der Waals surface area contributed by atoms with E-state index in [1.165, 1.54) is 0 Å². The molecule has 2 N–H and O–H groups in total. The highest BCUT2D eigenvalue weighted by molar-refractivity contribution is 5.89. The zero-order valence-corrected chi connectivity index (χ0v) is 14.9. The Hall–Kier alpha value is -2.81. The summed E-state index contributed by atoms with van der Waals surface area (Å²) < 4.78 is 29.7. The Morgan fingerprint density at radius 2 is 2.11 bits per heavy atom. The van der Waals surface area contributed by atoms with E-state index in [2.05, 4.69) is 32.4 Å². The number of nitrogens with zero attached hydrogens (tertiary/aromatic N) is 3. The van der Waals surface area contributed by atoms with Crippen molar-refractivity contribution in [1.82, 2.24) is 15.3 Å². The molecule has 0 saturated carbocycles. The maximum atomic E-state index is 12.1. The molecule has 1 unspecified atom stereocenters. The lowest BCUT2D eigenvalue weighted by molar-refractivity contribution is 0.0985. The van der Waals surface area contributed by atoms with Crippen molar-refractivity contribution in [3.05, 3.63) is 36.5 Å². The Kier molecular flexibility index (Phi) is 6.12. The fourth-order valence-corrected chi connectivity index (χ4v) is 2.76. The number of hydrogen-bond acceptors (Lipinski definition) is 5. The number of amides is 2. The van der Waals surface area contributed by atoms with Crippen LogP contribution >= 0.6 is 0 Å². The number of halogens is 2. The van der Waals surface area contributed by atoms with Crippen molar-refractivity contribution in [2.45, 2.75) is 19.4 Å². The van der Waals surface area contributed by atoms with Crippen LogP contribution in [-0.2, 0) is 4.74 Å². The Balaban J connectivity index is 1.68. The van der Waals surface area contributed by atoms with Crippen LogP contribution in [-0.4, -0.2) is 54.8 Å². The van der Waals surface area contributed by atoms with Gasteiger partial charge in [0, 0.05) is 24.0 Å². The van der Waals surface area contributed by atoms with E-state index in [1.54, 1.807) is 30.5 Å². The predicted octanol–water partition coefficient (Wildman–Crippen LogP) is 2.76. The van der Waals surface area contributed by atoms with Crippen LogP contribution in [0.1, 0.15) is 6.92 Å². The summed E-state index contributed by atoms with van der Waals surface area (Å²) in [7, 11) is 0. The molecule has 0 radical (unpaired) electrons. The number of urea groups is 1. The van der Waals surface area contributed by atoms with Crippen LogP contribution in [0, 0.1) is 0 Å². The van der Waals surface area contributed by atoms with Gasteiger partial charge in [0.25, 0.3) is 6.43 Å². The van der Waals surface area contributed by atoms with Crippen molar-refractivity contribution < 1.29 is 18.3 Å². The third-order valence-electron chi connectivity index (χ3n) is 4.12. The molecule has 1 aromatic heterocycles. The van der Waals surface area contributed by atoms with Crippen molar-refractivity contribution in [3.63, 3.8) is 0 Å². The van der Waals surface area contributed by atoms with Crippen LogP contribution in [0.4, 0.5) is 25.1 Å². The molecule has 9 heteroatoms. The smallest absolute Gasteiger partial charge is 0.319 e. The van der Waals surface area contributed by atoms with Crippen LogP contribution in [0.5, 0.6) is 0 Å². The summed E-state index contributed by atoms with van der Waals surface area (Å²) >= 11 is 0. The summed E-state index contributed by atoms with van der Waals surface area (Å²) in [5.74, 6) is 1.41. The number of morpholine rings is 1. The van der Waals surface area contributed by atoms with Gasteiger partial charge >= 0.3 is 6.03 Å². The average Bonchev–Trinajstić information content (AvgIpc) is 2.67. The molecule has 1 aliphatic rings. The number of carbonyl (C=O) groups is 1. The van der Waals surface area contributed by atoms with E-state index in [9.17, 15) is 13.6 Å². The minimum absolute atomic E-state index is 0.236. The largest absolute Gasteiger partial charge is 0.377 e. The van der Waals surface area contributed by atoms with Crippen molar-refractivity contribution in [3.8, 4) is 11.4 Å². The van der Waals surface area contributed by atoms with Gasteiger partial charge in [-0.05, 0) is 37.3 Å². The number of anilines is 2. The van der Waals surface area contributed by atoms with Crippen LogP contribution in [0.15, 0.2) is 36.5 Å². The first kappa shape index (κ1) is 19.0. The second-order valence-electron chi connectivity index (χ2n) is 6.16. The molecule has 0 spiro atoms. The van der Waals surface area contributed by atoms with Crippen molar-refractivity contribution in [2.24, 2.45) is 0 Å². The molecule has 2 heterocycles. The molecule has 27 heavy (non-hydrogen) atoms. The molecular weight excluding hydrogens is 356 g/mol. The maximum Gasteiger partial charge on any atom is 0.319 e. The minimum atomic E-state index is -2.59. The predicted molar refractivity (Wildman–Crippen MR) is 98.1 cm³/mol. The van der Waals surface area contributed by atoms with Crippen molar-refractivity contribution >= 4 is 17.5 Å². The van der Waals surface area contributed by atoms with Gasteiger partial charge in [-0.3, -0.25) is 0 Å². The first-order chi connectivity index (χ1) is 13.0. The highest BCUT2D eigenvalue weighted by Crippen LogP contribution is 2.22. The fraction of sp³-hybridized carbons (Fsp3) is 0.389. The molecule has 1 atom stereocenters. The molecule has 0 bridgehead atoms. The number of hydrogen-bond donors (Lipinski definition) is 2. The molecule has 7 nitrogen and oxygen atoms in total. The standard InChI is InChI=1S/C18H21F2N5O2/c1-12-11-27-9-8-25(12)16-6-7-21-17(24-16)13-2-4-14(5-3-13)23-18(26)22-10-15(19)20/h2-7,12,15H,8-11H2,1H3,(H2,22,23,26). The lowest BCUT2D eigenvalue weighted by Gasteiger charge is -2.34. The number of alkyl halides is 2. The third-order valence-corrected chi connectivity index (χ3v) is 4.12. The molecule has 144 valence electrons. The van der Waals surface area contributed by atoms with Crippen molar-refractivity contribution in [1.29, 1.82) is 0 Å².